The smallest absolute Gasteiger partial charge is 0.349 e. The van der Waals surface area contributed by atoms with Gasteiger partial charge in [-0.3, -0.25) is 4.79 Å². The lowest BCUT2D eigenvalue weighted by molar-refractivity contribution is 0.102. The topological polar surface area (TPSA) is 68.5 Å². The van der Waals surface area contributed by atoms with Crippen LogP contribution in [0.5, 0.6) is 5.75 Å². The average molecular weight is 351 g/mol. The Morgan fingerprint density at radius 1 is 1.12 bits per heavy atom. The summed E-state index contributed by atoms with van der Waals surface area (Å²) >= 11 is 0. The number of amides is 1. The lowest BCUT2D eigenvalue weighted by Gasteiger charge is -2.09. The van der Waals surface area contributed by atoms with Gasteiger partial charge in [-0.2, -0.15) is 0 Å². The van der Waals surface area contributed by atoms with Crippen molar-refractivity contribution < 1.29 is 13.9 Å². The number of hydrogen-bond donors (Lipinski definition) is 1. The first-order valence-corrected chi connectivity index (χ1v) is 8.57. The van der Waals surface area contributed by atoms with E-state index < -0.39 is 11.5 Å². The summed E-state index contributed by atoms with van der Waals surface area (Å²) in [7, 11) is 0. The highest BCUT2D eigenvalue weighted by atomic mass is 16.5. The van der Waals surface area contributed by atoms with Gasteiger partial charge in [0.05, 0.1) is 6.61 Å². The average Bonchev–Trinajstić information content (AvgIpc) is 2.62. The number of aryl methyl sites for hydroxylation is 2. The van der Waals surface area contributed by atoms with E-state index in [2.05, 4.69) is 5.32 Å². The molecule has 0 unspecified atom stereocenters. The Morgan fingerprint density at radius 3 is 2.69 bits per heavy atom. The summed E-state index contributed by atoms with van der Waals surface area (Å²) in [5.41, 5.74) is 2.32. The van der Waals surface area contributed by atoms with Crippen molar-refractivity contribution in [1.29, 1.82) is 0 Å². The minimum atomic E-state index is -0.673. The third-order valence-electron chi connectivity index (χ3n) is 4.07. The van der Waals surface area contributed by atoms with Crippen LogP contribution in [0.3, 0.4) is 0 Å². The molecule has 0 spiro atoms. The normalized spacial score (nSPS) is 10.7. The van der Waals surface area contributed by atoms with E-state index in [9.17, 15) is 9.59 Å². The summed E-state index contributed by atoms with van der Waals surface area (Å²) in [4.78, 5) is 24.8. The van der Waals surface area contributed by atoms with Crippen molar-refractivity contribution in [2.24, 2.45) is 0 Å². The van der Waals surface area contributed by atoms with Crippen LogP contribution < -0.4 is 15.7 Å². The van der Waals surface area contributed by atoms with Crippen molar-refractivity contribution in [3.8, 4) is 5.75 Å². The fraction of sp³-hybridized carbons (Fsp3) is 0.238. The molecular formula is C21H21NO4. The molecule has 5 nitrogen and oxygen atoms in total. The molecule has 0 fully saturated rings. The summed E-state index contributed by atoms with van der Waals surface area (Å²) < 4.78 is 10.9. The Kier molecular flexibility index (Phi) is 5.07. The molecule has 0 bridgehead atoms. The Balaban J connectivity index is 1.92. The second-order valence-electron chi connectivity index (χ2n) is 6.27. The van der Waals surface area contributed by atoms with Gasteiger partial charge in [0.2, 0.25) is 0 Å². The quantitative estimate of drug-likeness (QED) is 0.690. The summed E-state index contributed by atoms with van der Waals surface area (Å²) in [6.07, 6.45) is 0.888. The van der Waals surface area contributed by atoms with Crippen LogP contribution in [0.25, 0.3) is 11.0 Å². The van der Waals surface area contributed by atoms with Crippen LogP contribution in [-0.4, -0.2) is 12.5 Å². The van der Waals surface area contributed by atoms with Crippen LogP contribution >= 0.6 is 0 Å². The number of fused-ring (bicyclic) bond motifs is 1. The number of carbonyl (C=O) groups is 1. The van der Waals surface area contributed by atoms with Gasteiger partial charge in [0.25, 0.3) is 5.91 Å². The van der Waals surface area contributed by atoms with Crippen molar-refractivity contribution in [1.82, 2.24) is 0 Å². The van der Waals surface area contributed by atoms with Crippen LogP contribution in [0.4, 0.5) is 5.69 Å². The van der Waals surface area contributed by atoms with Crippen molar-refractivity contribution in [2.75, 3.05) is 11.9 Å². The minimum Gasteiger partial charge on any atom is -0.493 e. The molecule has 3 rings (SSSR count). The molecule has 0 aliphatic heterocycles. The van der Waals surface area contributed by atoms with Crippen LogP contribution in [0.2, 0.25) is 0 Å². The van der Waals surface area contributed by atoms with Crippen LogP contribution in [0.1, 0.15) is 34.8 Å². The molecule has 0 aliphatic carbocycles. The molecule has 0 aliphatic rings. The maximum Gasteiger partial charge on any atom is 0.349 e. The van der Waals surface area contributed by atoms with Gasteiger partial charge in [-0.1, -0.05) is 19.1 Å². The molecular weight excluding hydrogens is 330 g/mol. The molecule has 1 aromatic heterocycles. The van der Waals surface area contributed by atoms with Gasteiger partial charge in [0, 0.05) is 17.1 Å². The zero-order valence-electron chi connectivity index (χ0n) is 15.1. The van der Waals surface area contributed by atoms with Crippen molar-refractivity contribution in [3.63, 3.8) is 0 Å². The monoisotopic (exact) mass is 351 g/mol. The highest BCUT2D eigenvalue weighted by Crippen LogP contribution is 2.22. The summed E-state index contributed by atoms with van der Waals surface area (Å²) in [5.74, 6) is 0.149. The second kappa shape index (κ2) is 7.44. The highest BCUT2D eigenvalue weighted by Gasteiger charge is 2.15. The molecule has 1 amide bonds. The fourth-order valence-electron chi connectivity index (χ4n) is 2.62. The largest absolute Gasteiger partial charge is 0.493 e. The first kappa shape index (κ1) is 17.7. The molecule has 1 N–H and O–H groups in total. The van der Waals surface area contributed by atoms with E-state index >= 15 is 0 Å². The summed E-state index contributed by atoms with van der Waals surface area (Å²) in [6, 6.07) is 12.5. The van der Waals surface area contributed by atoms with Crippen molar-refractivity contribution in [2.45, 2.75) is 27.2 Å². The van der Waals surface area contributed by atoms with Gasteiger partial charge in [-0.05, 0) is 55.7 Å². The third-order valence-corrected chi connectivity index (χ3v) is 4.07. The number of anilines is 1. The van der Waals surface area contributed by atoms with Gasteiger partial charge < -0.3 is 14.5 Å². The molecule has 1 heterocycles. The number of hydrogen-bond acceptors (Lipinski definition) is 4. The molecule has 0 radical (unpaired) electrons. The van der Waals surface area contributed by atoms with Gasteiger partial charge in [0.15, 0.2) is 0 Å². The number of nitrogens with one attached hydrogen (secondary N) is 1. The molecule has 3 aromatic rings. The zero-order valence-corrected chi connectivity index (χ0v) is 15.1. The lowest BCUT2D eigenvalue weighted by Crippen LogP contribution is -2.21. The van der Waals surface area contributed by atoms with E-state index in [4.69, 9.17) is 9.15 Å². The zero-order chi connectivity index (χ0) is 18.7. The highest BCUT2D eigenvalue weighted by molar-refractivity contribution is 6.05. The van der Waals surface area contributed by atoms with E-state index in [0.717, 1.165) is 17.5 Å². The van der Waals surface area contributed by atoms with E-state index in [-0.39, 0.29) is 5.56 Å². The maximum absolute atomic E-state index is 12.6. The number of carbonyl (C=O) groups excluding carboxylic acids is 1. The molecule has 0 atom stereocenters. The summed E-state index contributed by atoms with van der Waals surface area (Å²) in [5, 5.41) is 3.45. The first-order valence-electron chi connectivity index (χ1n) is 8.57. The van der Waals surface area contributed by atoms with E-state index in [1.165, 1.54) is 0 Å². The molecule has 26 heavy (non-hydrogen) atoms. The first-order chi connectivity index (χ1) is 12.5. The predicted molar refractivity (Wildman–Crippen MR) is 102 cm³/mol. The van der Waals surface area contributed by atoms with Crippen molar-refractivity contribution in [3.05, 3.63) is 69.6 Å². The van der Waals surface area contributed by atoms with Crippen LogP contribution in [0.15, 0.2) is 51.7 Å². The number of benzene rings is 2. The molecule has 0 saturated carbocycles. The Morgan fingerprint density at radius 2 is 1.92 bits per heavy atom. The standard InChI is InChI=1S/C21H21NO4/c1-4-9-25-16-8-7-15-11-17(21(24)26-19(15)12-16)20(23)22-18-10-13(2)5-6-14(18)3/h5-8,10-12H,4,9H2,1-3H3,(H,22,23). The van der Waals surface area contributed by atoms with Gasteiger partial charge in [-0.15, -0.1) is 0 Å². The van der Waals surface area contributed by atoms with Gasteiger partial charge in [-0.25, -0.2) is 4.79 Å². The van der Waals surface area contributed by atoms with E-state index in [0.29, 0.717) is 29.0 Å². The Bertz CT molecular complexity index is 1020. The maximum atomic E-state index is 12.6. The third kappa shape index (κ3) is 3.77. The van der Waals surface area contributed by atoms with E-state index in [1.54, 1.807) is 24.3 Å². The van der Waals surface area contributed by atoms with Crippen molar-refractivity contribution >= 4 is 22.6 Å². The number of rotatable bonds is 5. The van der Waals surface area contributed by atoms with E-state index in [1.807, 2.05) is 39.0 Å². The van der Waals surface area contributed by atoms with Gasteiger partial charge >= 0.3 is 5.63 Å². The Hall–Kier alpha value is -3.08. The second-order valence-corrected chi connectivity index (χ2v) is 6.27. The predicted octanol–water partition coefficient (Wildman–Crippen LogP) is 4.45. The Labute approximate surface area is 151 Å². The van der Waals surface area contributed by atoms with Crippen LogP contribution in [-0.2, 0) is 0 Å². The minimum absolute atomic E-state index is 0.0272. The number of ether oxygens (including phenoxy) is 1. The molecule has 0 saturated heterocycles. The van der Waals surface area contributed by atoms with Gasteiger partial charge in [0.1, 0.15) is 16.9 Å². The lowest BCUT2D eigenvalue weighted by atomic mass is 10.1. The molecule has 2 aromatic carbocycles. The summed E-state index contributed by atoms with van der Waals surface area (Å²) in [6.45, 7) is 6.45. The SMILES string of the molecule is CCCOc1ccc2cc(C(=O)Nc3cc(C)ccc3C)c(=O)oc2c1. The van der Waals surface area contributed by atoms with Crippen LogP contribution in [0, 0.1) is 13.8 Å². The molecule has 134 valence electrons. The molecule has 5 heteroatoms. The fourth-order valence-corrected chi connectivity index (χ4v) is 2.62.